The summed E-state index contributed by atoms with van der Waals surface area (Å²) < 4.78 is 1.68. The molecule has 0 radical (unpaired) electrons. The van der Waals surface area contributed by atoms with Gasteiger partial charge < -0.3 is 10.6 Å². The number of halogens is 1. The molecule has 0 atom stereocenters. The second-order valence-electron chi connectivity index (χ2n) is 4.65. The number of anilines is 1. The monoisotopic (exact) mass is 272 g/mol. The molecule has 1 amide bonds. The van der Waals surface area contributed by atoms with Gasteiger partial charge in [0.05, 0.1) is 0 Å². The van der Waals surface area contributed by atoms with Crippen LogP contribution in [0.15, 0.2) is 12.3 Å². The molecule has 0 aliphatic carbocycles. The molecule has 1 fully saturated rings. The van der Waals surface area contributed by atoms with Gasteiger partial charge in [0.15, 0.2) is 5.82 Å². The predicted octanol–water partition coefficient (Wildman–Crippen LogP) is 1.56. The molecule has 2 rings (SSSR count). The Morgan fingerprint density at radius 3 is 2.89 bits per heavy atom. The summed E-state index contributed by atoms with van der Waals surface area (Å²) >= 11 is 0. The molecule has 1 aromatic rings. The zero-order valence-corrected chi connectivity index (χ0v) is 11.5. The van der Waals surface area contributed by atoms with Crippen LogP contribution in [0, 0.1) is 5.92 Å². The third-order valence-corrected chi connectivity index (χ3v) is 3.22. The Balaban J connectivity index is 0.00000162. The minimum Gasteiger partial charge on any atom is -0.317 e. The zero-order chi connectivity index (χ0) is 12.1. The van der Waals surface area contributed by atoms with E-state index < -0.39 is 0 Å². The van der Waals surface area contributed by atoms with Crippen molar-refractivity contribution < 1.29 is 4.79 Å². The topological polar surface area (TPSA) is 59.0 Å². The molecule has 2 N–H and O–H groups in total. The third kappa shape index (κ3) is 4.66. The quantitative estimate of drug-likeness (QED) is 0.875. The average molecular weight is 273 g/mol. The van der Waals surface area contributed by atoms with E-state index in [1.54, 1.807) is 4.68 Å². The number of nitrogens with zero attached hydrogens (tertiary/aromatic N) is 2. The van der Waals surface area contributed by atoms with Crippen LogP contribution in [0.4, 0.5) is 5.82 Å². The fourth-order valence-corrected chi connectivity index (χ4v) is 2.19. The summed E-state index contributed by atoms with van der Waals surface area (Å²) in [5, 5.41) is 10.3. The van der Waals surface area contributed by atoms with Gasteiger partial charge in [0.2, 0.25) is 5.91 Å². The predicted molar refractivity (Wildman–Crippen MR) is 73.9 cm³/mol. The molecule has 1 aliphatic heterocycles. The van der Waals surface area contributed by atoms with Gasteiger partial charge in [-0.25, -0.2) is 0 Å². The van der Waals surface area contributed by atoms with Crippen LogP contribution in [0.2, 0.25) is 0 Å². The Bertz CT molecular complexity index is 374. The summed E-state index contributed by atoms with van der Waals surface area (Å²) in [5.41, 5.74) is 0. The summed E-state index contributed by atoms with van der Waals surface area (Å²) in [6.45, 7) is 2.18. The molecule has 1 aromatic heterocycles. The third-order valence-electron chi connectivity index (χ3n) is 3.22. The van der Waals surface area contributed by atoms with E-state index in [1.807, 2.05) is 19.3 Å². The van der Waals surface area contributed by atoms with Gasteiger partial charge in [0.25, 0.3) is 0 Å². The number of carbonyl (C=O) groups is 1. The van der Waals surface area contributed by atoms with Crippen molar-refractivity contribution in [3.63, 3.8) is 0 Å². The number of hydrogen-bond donors (Lipinski definition) is 2. The number of piperidine rings is 1. The Kier molecular flexibility index (Phi) is 6.15. The molecular formula is C12H21ClN4O. The number of aryl methyl sites for hydroxylation is 1. The molecule has 0 aromatic carbocycles. The van der Waals surface area contributed by atoms with E-state index in [1.165, 1.54) is 12.8 Å². The highest BCUT2D eigenvalue weighted by atomic mass is 35.5. The first-order valence-corrected chi connectivity index (χ1v) is 6.24. The van der Waals surface area contributed by atoms with Crippen molar-refractivity contribution in [3.05, 3.63) is 12.3 Å². The molecule has 1 saturated heterocycles. The molecule has 18 heavy (non-hydrogen) atoms. The van der Waals surface area contributed by atoms with Crippen molar-refractivity contribution in [2.75, 3.05) is 18.4 Å². The number of amides is 1. The fourth-order valence-electron chi connectivity index (χ4n) is 2.19. The maximum absolute atomic E-state index is 11.7. The van der Waals surface area contributed by atoms with Gasteiger partial charge in [-0.2, -0.15) is 5.10 Å². The summed E-state index contributed by atoms with van der Waals surface area (Å²) in [4.78, 5) is 11.7. The van der Waals surface area contributed by atoms with Crippen LogP contribution >= 0.6 is 12.4 Å². The lowest BCUT2D eigenvalue weighted by Crippen LogP contribution is -2.28. The van der Waals surface area contributed by atoms with Gasteiger partial charge in [-0.15, -0.1) is 12.4 Å². The van der Waals surface area contributed by atoms with Crippen molar-refractivity contribution >= 4 is 24.1 Å². The Morgan fingerprint density at radius 1 is 1.56 bits per heavy atom. The van der Waals surface area contributed by atoms with Crippen LogP contribution in [-0.2, 0) is 11.8 Å². The van der Waals surface area contributed by atoms with E-state index >= 15 is 0 Å². The van der Waals surface area contributed by atoms with Crippen LogP contribution < -0.4 is 10.6 Å². The number of rotatable bonds is 4. The van der Waals surface area contributed by atoms with Gasteiger partial charge in [0.1, 0.15) is 0 Å². The second-order valence-corrected chi connectivity index (χ2v) is 4.65. The van der Waals surface area contributed by atoms with Gasteiger partial charge >= 0.3 is 0 Å². The van der Waals surface area contributed by atoms with Gasteiger partial charge in [0, 0.05) is 25.7 Å². The molecule has 2 heterocycles. The van der Waals surface area contributed by atoms with Gasteiger partial charge in [-0.1, -0.05) is 0 Å². The number of aromatic nitrogens is 2. The fraction of sp³-hybridized carbons (Fsp3) is 0.667. The molecule has 1 aliphatic rings. The Morgan fingerprint density at radius 2 is 2.28 bits per heavy atom. The standard InChI is InChI=1S/C12H20N4O.ClH/c1-16-9-6-11(15-16)14-12(17)3-2-10-4-7-13-8-5-10;/h6,9-10,13H,2-5,7-8H2,1H3,(H,14,15,17);1H. The van der Waals surface area contributed by atoms with Crippen LogP contribution in [-0.4, -0.2) is 28.8 Å². The molecule has 0 bridgehead atoms. The van der Waals surface area contributed by atoms with Crippen molar-refractivity contribution in [1.82, 2.24) is 15.1 Å². The first-order chi connectivity index (χ1) is 8.24. The molecule has 102 valence electrons. The first-order valence-electron chi connectivity index (χ1n) is 6.24. The lowest BCUT2D eigenvalue weighted by Gasteiger charge is -2.21. The summed E-state index contributed by atoms with van der Waals surface area (Å²) in [6.07, 6.45) is 5.79. The first kappa shape index (κ1) is 15.0. The molecule has 5 nitrogen and oxygen atoms in total. The molecular weight excluding hydrogens is 252 g/mol. The van der Waals surface area contributed by atoms with Crippen LogP contribution in [0.3, 0.4) is 0 Å². The van der Waals surface area contributed by atoms with E-state index in [0.717, 1.165) is 19.5 Å². The van der Waals surface area contributed by atoms with Crippen molar-refractivity contribution in [3.8, 4) is 0 Å². The number of nitrogens with one attached hydrogen (secondary N) is 2. The van der Waals surface area contributed by atoms with E-state index in [-0.39, 0.29) is 18.3 Å². The minimum atomic E-state index is 0. The van der Waals surface area contributed by atoms with E-state index in [4.69, 9.17) is 0 Å². The molecule has 0 spiro atoms. The summed E-state index contributed by atoms with van der Waals surface area (Å²) in [7, 11) is 1.84. The molecule has 0 saturated carbocycles. The summed E-state index contributed by atoms with van der Waals surface area (Å²) in [5.74, 6) is 1.41. The normalized spacial score (nSPS) is 16.1. The van der Waals surface area contributed by atoms with Crippen LogP contribution in [0.1, 0.15) is 25.7 Å². The SMILES string of the molecule is Cl.Cn1ccc(NC(=O)CCC2CCNCC2)n1. The Hall–Kier alpha value is -1.07. The van der Waals surface area contributed by atoms with Crippen molar-refractivity contribution in [2.45, 2.75) is 25.7 Å². The average Bonchev–Trinajstić information content (AvgIpc) is 2.73. The minimum absolute atomic E-state index is 0. The summed E-state index contributed by atoms with van der Waals surface area (Å²) in [6, 6.07) is 1.81. The maximum atomic E-state index is 11.7. The molecule has 6 heteroatoms. The highest BCUT2D eigenvalue weighted by molar-refractivity contribution is 5.89. The van der Waals surface area contributed by atoms with E-state index in [2.05, 4.69) is 15.7 Å². The largest absolute Gasteiger partial charge is 0.317 e. The second kappa shape index (κ2) is 7.38. The number of carbonyl (C=O) groups excluding carboxylic acids is 1. The highest BCUT2D eigenvalue weighted by Crippen LogP contribution is 2.17. The highest BCUT2D eigenvalue weighted by Gasteiger charge is 2.14. The molecule has 0 unspecified atom stereocenters. The van der Waals surface area contributed by atoms with E-state index in [0.29, 0.717) is 18.2 Å². The zero-order valence-electron chi connectivity index (χ0n) is 10.7. The number of hydrogen-bond acceptors (Lipinski definition) is 3. The van der Waals surface area contributed by atoms with Gasteiger partial charge in [-0.05, 0) is 38.3 Å². The van der Waals surface area contributed by atoms with E-state index in [9.17, 15) is 4.79 Å². The lowest BCUT2D eigenvalue weighted by atomic mass is 9.93. The van der Waals surface area contributed by atoms with Crippen molar-refractivity contribution in [1.29, 1.82) is 0 Å². The lowest BCUT2D eigenvalue weighted by molar-refractivity contribution is -0.116. The van der Waals surface area contributed by atoms with Crippen molar-refractivity contribution in [2.24, 2.45) is 13.0 Å². The van der Waals surface area contributed by atoms with Gasteiger partial charge in [-0.3, -0.25) is 9.48 Å². The van der Waals surface area contributed by atoms with Crippen LogP contribution in [0.5, 0.6) is 0 Å². The van der Waals surface area contributed by atoms with Crippen LogP contribution in [0.25, 0.3) is 0 Å². The smallest absolute Gasteiger partial charge is 0.225 e. The maximum Gasteiger partial charge on any atom is 0.225 e. The Labute approximate surface area is 114 Å².